The lowest BCUT2D eigenvalue weighted by Crippen LogP contribution is -2.02. The molecular formula is C11H11FN2. The molecule has 0 aliphatic heterocycles. The number of hydrogen-bond donors (Lipinski definition) is 0. The quantitative estimate of drug-likeness (QED) is 0.711. The Morgan fingerprint density at radius 2 is 2.14 bits per heavy atom. The van der Waals surface area contributed by atoms with Crippen molar-refractivity contribution in [2.24, 2.45) is 0 Å². The van der Waals surface area contributed by atoms with Gasteiger partial charge in [-0.15, -0.1) is 0 Å². The van der Waals surface area contributed by atoms with Crippen LogP contribution in [0.2, 0.25) is 0 Å². The van der Waals surface area contributed by atoms with Gasteiger partial charge in [-0.05, 0) is 13.0 Å². The van der Waals surface area contributed by atoms with Crippen molar-refractivity contribution in [1.29, 1.82) is 0 Å². The monoisotopic (exact) mass is 190 g/mol. The third kappa shape index (κ3) is 1.66. The fourth-order valence-corrected chi connectivity index (χ4v) is 1.38. The number of benzene rings is 1. The fraction of sp³-hybridized carbons (Fsp3) is 0.182. The predicted octanol–water partition coefficient (Wildman–Crippen LogP) is 2.38. The molecule has 14 heavy (non-hydrogen) atoms. The molecule has 2 rings (SSSR count). The summed E-state index contributed by atoms with van der Waals surface area (Å²) in [5, 5.41) is 0. The number of rotatable bonds is 2. The lowest BCUT2D eigenvalue weighted by atomic mass is 10.2. The first-order valence-electron chi connectivity index (χ1n) is 4.48. The molecular weight excluding hydrogens is 179 g/mol. The number of nitrogens with zero attached hydrogens (tertiary/aromatic N) is 2. The lowest BCUT2D eigenvalue weighted by molar-refractivity contribution is 0.597. The Hall–Kier alpha value is -1.64. The molecule has 0 saturated heterocycles. The average molecular weight is 190 g/mol. The Balaban J connectivity index is 2.28. The van der Waals surface area contributed by atoms with E-state index in [1.165, 1.54) is 6.07 Å². The standard InChI is InChI=1S/C11H11FN2/c1-9-13-6-7-14(9)8-10-4-2-3-5-11(10)12/h2-7H,8H2,1H3. The van der Waals surface area contributed by atoms with E-state index < -0.39 is 0 Å². The van der Waals surface area contributed by atoms with Gasteiger partial charge in [-0.3, -0.25) is 0 Å². The van der Waals surface area contributed by atoms with E-state index in [2.05, 4.69) is 4.98 Å². The molecule has 1 heterocycles. The molecule has 0 aliphatic rings. The van der Waals surface area contributed by atoms with Crippen molar-refractivity contribution in [3.05, 3.63) is 53.9 Å². The summed E-state index contributed by atoms with van der Waals surface area (Å²) in [5.41, 5.74) is 0.689. The molecule has 0 aliphatic carbocycles. The van der Waals surface area contributed by atoms with Gasteiger partial charge in [-0.1, -0.05) is 18.2 Å². The van der Waals surface area contributed by atoms with E-state index in [9.17, 15) is 4.39 Å². The summed E-state index contributed by atoms with van der Waals surface area (Å²) in [5.74, 6) is 0.730. The Morgan fingerprint density at radius 3 is 2.79 bits per heavy atom. The van der Waals surface area contributed by atoms with Crippen LogP contribution < -0.4 is 0 Å². The molecule has 0 spiro atoms. The molecule has 0 radical (unpaired) electrons. The van der Waals surface area contributed by atoms with Crippen LogP contribution in [0.5, 0.6) is 0 Å². The molecule has 1 aromatic carbocycles. The fourth-order valence-electron chi connectivity index (χ4n) is 1.38. The van der Waals surface area contributed by atoms with Crippen LogP contribution in [0.4, 0.5) is 4.39 Å². The Bertz CT molecular complexity index is 434. The lowest BCUT2D eigenvalue weighted by Gasteiger charge is -2.05. The summed E-state index contributed by atoms with van der Waals surface area (Å²) >= 11 is 0. The first-order valence-corrected chi connectivity index (χ1v) is 4.48. The largest absolute Gasteiger partial charge is 0.331 e. The van der Waals surface area contributed by atoms with E-state index >= 15 is 0 Å². The van der Waals surface area contributed by atoms with Crippen molar-refractivity contribution in [3.63, 3.8) is 0 Å². The smallest absolute Gasteiger partial charge is 0.128 e. The molecule has 72 valence electrons. The molecule has 3 heteroatoms. The topological polar surface area (TPSA) is 17.8 Å². The number of imidazole rings is 1. The molecule has 0 bridgehead atoms. The molecule has 2 nitrogen and oxygen atoms in total. The second kappa shape index (κ2) is 3.62. The van der Waals surface area contributed by atoms with E-state index in [1.54, 1.807) is 18.3 Å². The minimum atomic E-state index is -0.166. The second-order valence-corrected chi connectivity index (χ2v) is 3.19. The molecule has 0 N–H and O–H groups in total. The van der Waals surface area contributed by atoms with Gasteiger partial charge in [0.05, 0.1) is 6.54 Å². The molecule has 0 fully saturated rings. The van der Waals surface area contributed by atoms with Crippen molar-refractivity contribution in [1.82, 2.24) is 9.55 Å². The highest BCUT2D eigenvalue weighted by Gasteiger charge is 2.02. The van der Waals surface area contributed by atoms with Gasteiger partial charge in [-0.2, -0.15) is 0 Å². The maximum Gasteiger partial charge on any atom is 0.128 e. The zero-order valence-electron chi connectivity index (χ0n) is 7.94. The van der Waals surface area contributed by atoms with Crippen LogP contribution in [0.25, 0.3) is 0 Å². The van der Waals surface area contributed by atoms with Crippen molar-refractivity contribution >= 4 is 0 Å². The number of aryl methyl sites for hydroxylation is 1. The first-order chi connectivity index (χ1) is 6.77. The summed E-state index contributed by atoms with van der Waals surface area (Å²) in [6.45, 7) is 2.44. The normalized spacial score (nSPS) is 10.4. The van der Waals surface area contributed by atoms with Crippen LogP contribution in [0.3, 0.4) is 0 Å². The van der Waals surface area contributed by atoms with Crippen LogP contribution in [0.1, 0.15) is 11.4 Å². The van der Waals surface area contributed by atoms with Gasteiger partial charge < -0.3 is 4.57 Å². The van der Waals surface area contributed by atoms with Gasteiger partial charge in [0, 0.05) is 18.0 Å². The Labute approximate surface area is 82.0 Å². The second-order valence-electron chi connectivity index (χ2n) is 3.19. The summed E-state index contributed by atoms with van der Waals surface area (Å²) in [4.78, 5) is 4.08. The van der Waals surface area contributed by atoms with Gasteiger partial charge in [0.2, 0.25) is 0 Å². The van der Waals surface area contributed by atoms with Gasteiger partial charge in [0.15, 0.2) is 0 Å². The van der Waals surface area contributed by atoms with Crippen LogP contribution >= 0.6 is 0 Å². The van der Waals surface area contributed by atoms with Gasteiger partial charge in [0.1, 0.15) is 11.6 Å². The van der Waals surface area contributed by atoms with Crippen molar-refractivity contribution < 1.29 is 4.39 Å². The molecule has 0 atom stereocenters. The summed E-state index contributed by atoms with van der Waals surface area (Å²) in [7, 11) is 0. The number of halogens is 1. The van der Waals surface area contributed by atoms with E-state index in [1.807, 2.05) is 23.8 Å². The van der Waals surface area contributed by atoms with Gasteiger partial charge in [-0.25, -0.2) is 9.37 Å². The highest BCUT2D eigenvalue weighted by atomic mass is 19.1. The highest BCUT2D eigenvalue weighted by Crippen LogP contribution is 2.09. The zero-order valence-corrected chi connectivity index (χ0v) is 7.94. The minimum absolute atomic E-state index is 0.166. The summed E-state index contributed by atoms with van der Waals surface area (Å²) in [6.07, 6.45) is 3.57. The van der Waals surface area contributed by atoms with E-state index in [-0.39, 0.29) is 5.82 Å². The van der Waals surface area contributed by atoms with E-state index in [0.29, 0.717) is 12.1 Å². The number of aromatic nitrogens is 2. The zero-order chi connectivity index (χ0) is 9.97. The summed E-state index contributed by atoms with van der Waals surface area (Å²) < 4.78 is 15.2. The van der Waals surface area contributed by atoms with Crippen LogP contribution in [0, 0.1) is 12.7 Å². The van der Waals surface area contributed by atoms with Crippen molar-refractivity contribution in [2.45, 2.75) is 13.5 Å². The SMILES string of the molecule is Cc1nccn1Cc1ccccc1F. The molecule has 0 amide bonds. The van der Waals surface area contributed by atoms with Crippen LogP contribution in [-0.4, -0.2) is 9.55 Å². The van der Waals surface area contributed by atoms with Crippen LogP contribution in [0.15, 0.2) is 36.7 Å². The van der Waals surface area contributed by atoms with Crippen molar-refractivity contribution in [3.8, 4) is 0 Å². The van der Waals surface area contributed by atoms with Gasteiger partial charge >= 0.3 is 0 Å². The third-order valence-corrected chi connectivity index (χ3v) is 2.22. The van der Waals surface area contributed by atoms with Crippen LogP contribution in [-0.2, 0) is 6.54 Å². The predicted molar refractivity (Wildman–Crippen MR) is 52.5 cm³/mol. The maximum absolute atomic E-state index is 13.3. The third-order valence-electron chi connectivity index (χ3n) is 2.22. The van der Waals surface area contributed by atoms with E-state index in [4.69, 9.17) is 0 Å². The first kappa shape index (κ1) is 8.94. The molecule has 0 saturated carbocycles. The summed E-state index contributed by atoms with van der Waals surface area (Å²) in [6, 6.07) is 6.79. The molecule has 1 aromatic heterocycles. The number of hydrogen-bond acceptors (Lipinski definition) is 1. The van der Waals surface area contributed by atoms with Crippen molar-refractivity contribution in [2.75, 3.05) is 0 Å². The van der Waals surface area contributed by atoms with Gasteiger partial charge in [0.25, 0.3) is 0 Å². The van der Waals surface area contributed by atoms with E-state index in [0.717, 1.165) is 5.82 Å². The Morgan fingerprint density at radius 1 is 1.36 bits per heavy atom. The Kier molecular flexibility index (Phi) is 2.31. The highest BCUT2D eigenvalue weighted by molar-refractivity contribution is 5.18. The average Bonchev–Trinajstić information content (AvgIpc) is 2.56. The minimum Gasteiger partial charge on any atom is -0.331 e. The maximum atomic E-state index is 13.3. The molecule has 0 unspecified atom stereocenters. The molecule has 2 aromatic rings.